The van der Waals surface area contributed by atoms with Gasteiger partial charge in [0.25, 0.3) is 0 Å². The summed E-state index contributed by atoms with van der Waals surface area (Å²) >= 11 is 6.17. The number of carbonyl (C=O) groups excluding carboxylic acids is 1. The van der Waals surface area contributed by atoms with Crippen LogP contribution in [0.5, 0.6) is 0 Å². The van der Waals surface area contributed by atoms with Gasteiger partial charge in [-0.25, -0.2) is 0 Å². The zero-order valence-electron chi connectivity index (χ0n) is 13.6. The second kappa shape index (κ2) is 7.37. The summed E-state index contributed by atoms with van der Waals surface area (Å²) in [6, 6.07) is 15.0. The molecule has 1 amide bonds. The van der Waals surface area contributed by atoms with Gasteiger partial charge in [0.1, 0.15) is 0 Å². The maximum absolute atomic E-state index is 13.2. The van der Waals surface area contributed by atoms with Gasteiger partial charge >= 0.3 is 0 Å². The molecule has 126 valence electrons. The van der Waals surface area contributed by atoms with Crippen LogP contribution in [0.3, 0.4) is 0 Å². The molecule has 0 spiro atoms. The Morgan fingerprint density at radius 2 is 1.83 bits per heavy atom. The number of aliphatic hydroxyl groups is 1. The number of hydrogen-bond donors (Lipinski definition) is 2. The third kappa shape index (κ3) is 3.47. The molecule has 0 bridgehead atoms. The van der Waals surface area contributed by atoms with E-state index in [9.17, 15) is 9.90 Å². The molecule has 0 aromatic heterocycles. The molecule has 0 aliphatic heterocycles. The fourth-order valence-electron chi connectivity index (χ4n) is 3.59. The van der Waals surface area contributed by atoms with Gasteiger partial charge in [0.2, 0.25) is 5.91 Å². The number of anilines is 1. The maximum atomic E-state index is 13.2. The molecule has 2 aromatic rings. The summed E-state index contributed by atoms with van der Waals surface area (Å²) in [5.41, 5.74) is 1.97. The quantitative estimate of drug-likeness (QED) is 0.847. The lowest BCUT2D eigenvalue weighted by molar-refractivity contribution is -0.122. The number of amides is 1. The molecule has 24 heavy (non-hydrogen) atoms. The largest absolute Gasteiger partial charge is 0.392 e. The first-order valence-electron chi connectivity index (χ1n) is 8.41. The van der Waals surface area contributed by atoms with Crippen molar-refractivity contribution in [1.82, 2.24) is 0 Å². The highest BCUT2D eigenvalue weighted by Gasteiger charge is 2.41. The summed E-state index contributed by atoms with van der Waals surface area (Å²) < 4.78 is 0. The Hall–Kier alpha value is -1.84. The molecule has 1 fully saturated rings. The molecule has 0 heterocycles. The molecule has 3 rings (SSSR count). The Morgan fingerprint density at radius 3 is 2.54 bits per heavy atom. The average Bonchev–Trinajstić information content (AvgIpc) is 2.62. The normalized spacial score (nSPS) is 16.6. The van der Waals surface area contributed by atoms with Gasteiger partial charge in [0.05, 0.1) is 12.0 Å². The van der Waals surface area contributed by atoms with Gasteiger partial charge in [-0.1, -0.05) is 55.1 Å². The Balaban J connectivity index is 1.92. The van der Waals surface area contributed by atoms with Crippen molar-refractivity contribution in [2.24, 2.45) is 0 Å². The highest BCUT2D eigenvalue weighted by Crippen LogP contribution is 2.41. The lowest BCUT2D eigenvalue weighted by Gasteiger charge is -2.36. The van der Waals surface area contributed by atoms with Crippen molar-refractivity contribution in [3.05, 3.63) is 64.7 Å². The van der Waals surface area contributed by atoms with E-state index in [1.807, 2.05) is 48.5 Å². The third-order valence-electron chi connectivity index (χ3n) is 4.89. The standard InChI is InChI=1S/C20H22ClNO2/c21-17-8-5-7-16(13-17)20(10-2-1-3-11-20)19(24)22-18-9-4-6-15(12-18)14-23/h4-9,12-13,23H,1-3,10-11,14H2,(H,22,24). The fraction of sp³-hybridized carbons (Fsp3) is 0.350. The number of halogens is 1. The predicted molar refractivity (Wildman–Crippen MR) is 97.2 cm³/mol. The SMILES string of the molecule is O=C(Nc1cccc(CO)c1)C1(c2cccc(Cl)c2)CCCCC1. The number of nitrogens with one attached hydrogen (secondary N) is 1. The van der Waals surface area contributed by atoms with Gasteiger partial charge in [-0.05, 0) is 48.2 Å². The van der Waals surface area contributed by atoms with E-state index in [4.69, 9.17) is 11.6 Å². The van der Waals surface area contributed by atoms with Crippen LogP contribution in [-0.4, -0.2) is 11.0 Å². The molecule has 0 unspecified atom stereocenters. The Labute approximate surface area is 147 Å². The van der Waals surface area contributed by atoms with E-state index in [0.29, 0.717) is 5.02 Å². The molecular weight excluding hydrogens is 322 g/mol. The molecular formula is C20H22ClNO2. The summed E-state index contributed by atoms with van der Waals surface area (Å²) in [6.45, 7) is -0.0385. The van der Waals surface area contributed by atoms with Crippen molar-refractivity contribution in [2.45, 2.75) is 44.1 Å². The van der Waals surface area contributed by atoms with Crippen LogP contribution < -0.4 is 5.32 Å². The van der Waals surface area contributed by atoms with Crippen LogP contribution in [0.15, 0.2) is 48.5 Å². The first-order chi connectivity index (χ1) is 11.6. The van der Waals surface area contributed by atoms with Gasteiger partial charge < -0.3 is 10.4 Å². The first kappa shape index (κ1) is 17.0. The van der Waals surface area contributed by atoms with Crippen molar-refractivity contribution in [3.63, 3.8) is 0 Å². The highest BCUT2D eigenvalue weighted by atomic mass is 35.5. The van der Waals surface area contributed by atoms with E-state index in [1.165, 1.54) is 0 Å². The maximum Gasteiger partial charge on any atom is 0.235 e. The lowest BCUT2D eigenvalue weighted by atomic mass is 9.68. The second-order valence-corrected chi connectivity index (χ2v) is 6.90. The minimum atomic E-state index is -0.529. The van der Waals surface area contributed by atoms with Crippen LogP contribution in [0.25, 0.3) is 0 Å². The molecule has 0 atom stereocenters. The van der Waals surface area contributed by atoms with Crippen LogP contribution in [-0.2, 0) is 16.8 Å². The minimum absolute atomic E-state index is 0.0135. The van der Waals surface area contributed by atoms with Crippen molar-refractivity contribution in [3.8, 4) is 0 Å². The summed E-state index contributed by atoms with van der Waals surface area (Å²) in [5.74, 6) is 0.0135. The van der Waals surface area contributed by atoms with E-state index < -0.39 is 5.41 Å². The van der Waals surface area contributed by atoms with Crippen LogP contribution in [0.1, 0.15) is 43.2 Å². The van der Waals surface area contributed by atoms with Gasteiger partial charge in [0, 0.05) is 10.7 Å². The average molecular weight is 344 g/mol. The van der Waals surface area contributed by atoms with Gasteiger partial charge in [-0.3, -0.25) is 4.79 Å². The van der Waals surface area contributed by atoms with Crippen molar-refractivity contribution in [1.29, 1.82) is 0 Å². The van der Waals surface area contributed by atoms with Crippen LogP contribution in [0, 0.1) is 0 Å². The Morgan fingerprint density at radius 1 is 1.08 bits per heavy atom. The fourth-order valence-corrected chi connectivity index (χ4v) is 3.78. The zero-order chi connectivity index (χ0) is 17.0. The molecule has 1 saturated carbocycles. The highest BCUT2D eigenvalue weighted by molar-refractivity contribution is 6.30. The van der Waals surface area contributed by atoms with Gasteiger partial charge in [-0.2, -0.15) is 0 Å². The predicted octanol–water partition coefficient (Wildman–Crippen LogP) is 4.67. The van der Waals surface area contributed by atoms with E-state index in [0.717, 1.165) is 48.9 Å². The number of rotatable bonds is 4. The van der Waals surface area contributed by atoms with E-state index >= 15 is 0 Å². The van der Waals surface area contributed by atoms with E-state index in [1.54, 1.807) is 0 Å². The van der Waals surface area contributed by atoms with Crippen LogP contribution in [0.2, 0.25) is 5.02 Å². The molecule has 4 heteroatoms. The van der Waals surface area contributed by atoms with Crippen molar-refractivity contribution in [2.75, 3.05) is 5.32 Å². The number of aliphatic hydroxyl groups excluding tert-OH is 1. The Kier molecular flexibility index (Phi) is 5.22. The lowest BCUT2D eigenvalue weighted by Crippen LogP contribution is -2.42. The smallest absolute Gasteiger partial charge is 0.235 e. The van der Waals surface area contributed by atoms with E-state index in [-0.39, 0.29) is 12.5 Å². The van der Waals surface area contributed by atoms with Gasteiger partial charge in [-0.15, -0.1) is 0 Å². The van der Waals surface area contributed by atoms with Crippen LogP contribution in [0.4, 0.5) is 5.69 Å². The van der Waals surface area contributed by atoms with Crippen LogP contribution >= 0.6 is 11.6 Å². The molecule has 3 nitrogen and oxygen atoms in total. The molecule has 0 saturated heterocycles. The Bertz CT molecular complexity index is 723. The summed E-state index contributed by atoms with van der Waals surface area (Å²) in [6.07, 6.45) is 4.90. The number of hydrogen-bond acceptors (Lipinski definition) is 2. The monoisotopic (exact) mass is 343 g/mol. The topological polar surface area (TPSA) is 49.3 Å². The molecule has 1 aliphatic rings. The minimum Gasteiger partial charge on any atom is -0.392 e. The first-order valence-corrected chi connectivity index (χ1v) is 8.79. The van der Waals surface area contributed by atoms with Crippen molar-refractivity contribution >= 4 is 23.2 Å². The summed E-state index contributed by atoms with van der Waals surface area (Å²) in [7, 11) is 0. The molecule has 2 N–H and O–H groups in total. The van der Waals surface area contributed by atoms with E-state index in [2.05, 4.69) is 5.32 Å². The van der Waals surface area contributed by atoms with Crippen molar-refractivity contribution < 1.29 is 9.90 Å². The molecule has 0 radical (unpaired) electrons. The summed E-state index contributed by atoms with van der Waals surface area (Å²) in [5, 5.41) is 13.0. The molecule has 2 aromatic carbocycles. The number of carbonyl (C=O) groups is 1. The zero-order valence-corrected chi connectivity index (χ0v) is 14.4. The summed E-state index contributed by atoms with van der Waals surface area (Å²) in [4.78, 5) is 13.2. The second-order valence-electron chi connectivity index (χ2n) is 6.47. The number of benzene rings is 2. The third-order valence-corrected chi connectivity index (χ3v) is 5.12. The van der Waals surface area contributed by atoms with Gasteiger partial charge in [0.15, 0.2) is 0 Å². The molecule has 1 aliphatic carbocycles.